The number of hydrogen-bond acceptors (Lipinski definition) is 3. The van der Waals surface area contributed by atoms with Gasteiger partial charge in [0.2, 0.25) is 0 Å². The van der Waals surface area contributed by atoms with Gasteiger partial charge in [0.05, 0.1) is 6.10 Å². The molecule has 0 aromatic rings. The van der Waals surface area contributed by atoms with E-state index in [1.165, 1.54) is 0 Å². The number of aliphatic carboxylic acids is 1. The molecule has 0 aromatic carbocycles. The van der Waals surface area contributed by atoms with Crippen molar-refractivity contribution in [1.82, 2.24) is 5.32 Å². The van der Waals surface area contributed by atoms with Gasteiger partial charge in [-0.05, 0) is 19.8 Å². The molecule has 0 radical (unpaired) electrons. The first-order valence-electron chi connectivity index (χ1n) is 5.06. The molecule has 2 N–H and O–H groups in total. The molecule has 4 nitrogen and oxygen atoms in total. The van der Waals surface area contributed by atoms with E-state index >= 15 is 0 Å². The Bertz CT molecular complexity index is 171. The molecule has 0 amide bonds. The summed E-state index contributed by atoms with van der Waals surface area (Å²) in [7, 11) is 0. The van der Waals surface area contributed by atoms with Gasteiger partial charge in [0.1, 0.15) is 6.04 Å². The molecule has 0 heterocycles. The molecule has 0 aliphatic carbocycles. The highest BCUT2D eigenvalue weighted by atomic mass is 16.5. The largest absolute Gasteiger partial charge is 0.480 e. The van der Waals surface area contributed by atoms with E-state index in [0.717, 1.165) is 0 Å². The second kappa shape index (κ2) is 6.79. The molecule has 2 atom stereocenters. The maximum Gasteiger partial charge on any atom is 0.320 e. The highest BCUT2D eigenvalue weighted by Gasteiger charge is 2.20. The number of ether oxygens (including phenoxy) is 1. The fourth-order valence-electron chi connectivity index (χ4n) is 1.24. The third-order valence-electron chi connectivity index (χ3n) is 2.01. The lowest BCUT2D eigenvalue weighted by Crippen LogP contribution is -2.44. The maximum absolute atomic E-state index is 10.8. The zero-order valence-corrected chi connectivity index (χ0v) is 9.41. The van der Waals surface area contributed by atoms with Gasteiger partial charge in [-0.2, -0.15) is 0 Å². The zero-order valence-electron chi connectivity index (χ0n) is 9.41. The molecule has 0 saturated heterocycles. The Labute approximate surface area is 85.6 Å². The van der Waals surface area contributed by atoms with E-state index < -0.39 is 12.0 Å². The lowest BCUT2D eigenvalue weighted by molar-refractivity contribution is -0.140. The second-order valence-electron chi connectivity index (χ2n) is 3.73. The summed E-state index contributed by atoms with van der Waals surface area (Å²) < 4.78 is 5.30. The number of carboxylic acids is 1. The van der Waals surface area contributed by atoms with Crippen LogP contribution in [0.5, 0.6) is 0 Å². The van der Waals surface area contributed by atoms with Crippen LogP contribution in [0.2, 0.25) is 0 Å². The van der Waals surface area contributed by atoms with Crippen LogP contribution in [-0.2, 0) is 9.53 Å². The Morgan fingerprint density at radius 3 is 2.36 bits per heavy atom. The van der Waals surface area contributed by atoms with Crippen molar-refractivity contribution in [2.24, 2.45) is 5.92 Å². The zero-order chi connectivity index (χ0) is 11.1. The molecule has 4 heteroatoms. The molecular formula is C10H21NO3. The van der Waals surface area contributed by atoms with Crippen molar-refractivity contribution in [3.8, 4) is 0 Å². The summed E-state index contributed by atoms with van der Waals surface area (Å²) in [5.74, 6) is -0.718. The maximum atomic E-state index is 10.8. The third kappa shape index (κ3) is 5.19. The fourth-order valence-corrected chi connectivity index (χ4v) is 1.24. The Hall–Kier alpha value is -0.610. The summed E-state index contributed by atoms with van der Waals surface area (Å²) in [6.07, 6.45) is 0.0561. The number of rotatable bonds is 7. The van der Waals surface area contributed by atoms with Crippen LogP contribution >= 0.6 is 0 Å². The summed E-state index contributed by atoms with van der Waals surface area (Å²) >= 11 is 0. The van der Waals surface area contributed by atoms with Crippen molar-refractivity contribution >= 4 is 5.97 Å². The van der Waals surface area contributed by atoms with Gasteiger partial charge in [-0.1, -0.05) is 13.8 Å². The van der Waals surface area contributed by atoms with Crippen molar-refractivity contribution in [2.45, 2.75) is 39.8 Å². The molecule has 0 fully saturated rings. The predicted molar refractivity (Wildman–Crippen MR) is 55.4 cm³/mol. The molecular weight excluding hydrogens is 182 g/mol. The first-order chi connectivity index (χ1) is 6.49. The van der Waals surface area contributed by atoms with E-state index in [-0.39, 0.29) is 12.0 Å². The first-order valence-corrected chi connectivity index (χ1v) is 5.06. The SMILES string of the molecule is CCOC(C)CNC(C(=O)O)C(C)C. The summed E-state index contributed by atoms with van der Waals surface area (Å²) in [5.41, 5.74) is 0. The molecule has 84 valence electrons. The Balaban J connectivity index is 3.88. The quantitative estimate of drug-likeness (QED) is 0.650. The highest BCUT2D eigenvalue weighted by Crippen LogP contribution is 2.02. The smallest absolute Gasteiger partial charge is 0.320 e. The fraction of sp³-hybridized carbons (Fsp3) is 0.900. The number of carbonyl (C=O) groups is 1. The van der Waals surface area contributed by atoms with Gasteiger partial charge in [-0.3, -0.25) is 4.79 Å². The molecule has 0 aromatic heterocycles. The predicted octanol–water partition coefficient (Wildman–Crippen LogP) is 1.11. The van der Waals surface area contributed by atoms with Crippen LogP contribution in [0.15, 0.2) is 0 Å². The molecule has 14 heavy (non-hydrogen) atoms. The third-order valence-corrected chi connectivity index (χ3v) is 2.01. The van der Waals surface area contributed by atoms with Gasteiger partial charge in [-0.25, -0.2) is 0 Å². The first kappa shape index (κ1) is 13.4. The van der Waals surface area contributed by atoms with Crippen LogP contribution in [0.25, 0.3) is 0 Å². The van der Waals surface area contributed by atoms with Crippen LogP contribution in [0, 0.1) is 5.92 Å². The van der Waals surface area contributed by atoms with Crippen molar-refractivity contribution in [1.29, 1.82) is 0 Å². The van der Waals surface area contributed by atoms with Crippen molar-refractivity contribution in [3.63, 3.8) is 0 Å². The molecule has 0 aliphatic rings. The number of carboxylic acid groups (broad SMARTS) is 1. The van der Waals surface area contributed by atoms with E-state index in [1.54, 1.807) is 0 Å². The Kier molecular flexibility index (Phi) is 6.49. The van der Waals surface area contributed by atoms with E-state index in [2.05, 4.69) is 5.32 Å². The average Bonchev–Trinajstić information content (AvgIpc) is 2.03. The topological polar surface area (TPSA) is 58.6 Å². The van der Waals surface area contributed by atoms with Crippen LogP contribution in [-0.4, -0.2) is 36.4 Å². The Morgan fingerprint density at radius 2 is 2.00 bits per heavy atom. The van der Waals surface area contributed by atoms with Crippen molar-refractivity contribution in [3.05, 3.63) is 0 Å². The van der Waals surface area contributed by atoms with Gasteiger partial charge in [-0.15, -0.1) is 0 Å². The van der Waals surface area contributed by atoms with E-state index in [4.69, 9.17) is 9.84 Å². The summed E-state index contributed by atoms with van der Waals surface area (Å²) in [6, 6.07) is -0.488. The number of hydrogen-bond donors (Lipinski definition) is 2. The van der Waals surface area contributed by atoms with E-state index in [9.17, 15) is 4.79 Å². The minimum Gasteiger partial charge on any atom is -0.480 e. The Morgan fingerprint density at radius 1 is 1.43 bits per heavy atom. The molecule has 0 spiro atoms. The monoisotopic (exact) mass is 203 g/mol. The van der Waals surface area contributed by atoms with Crippen molar-refractivity contribution in [2.75, 3.05) is 13.2 Å². The van der Waals surface area contributed by atoms with Gasteiger partial charge in [0.15, 0.2) is 0 Å². The molecule has 0 aliphatic heterocycles. The molecule has 2 unspecified atom stereocenters. The molecule has 0 bridgehead atoms. The lowest BCUT2D eigenvalue weighted by Gasteiger charge is -2.20. The lowest BCUT2D eigenvalue weighted by atomic mass is 10.0. The van der Waals surface area contributed by atoms with Gasteiger partial charge >= 0.3 is 5.97 Å². The van der Waals surface area contributed by atoms with Crippen LogP contribution < -0.4 is 5.32 Å². The van der Waals surface area contributed by atoms with Gasteiger partial charge in [0.25, 0.3) is 0 Å². The summed E-state index contributed by atoms with van der Waals surface area (Å²) in [6.45, 7) is 8.85. The molecule has 0 rings (SSSR count). The van der Waals surface area contributed by atoms with Gasteiger partial charge < -0.3 is 15.2 Å². The van der Waals surface area contributed by atoms with Gasteiger partial charge in [0, 0.05) is 13.2 Å². The normalized spacial score (nSPS) is 15.5. The number of nitrogens with one attached hydrogen (secondary N) is 1. The average molecular weight is 203 g/mol. The van der Waals surface area contributed by atoms with E-state index in [0.29, 0.717) is 13.2 Å². The van der Waals surface area contributed by atoms with Crippen LogP contribution in [0.4, 0.5) is 0 Å². The van der Waals surface area contributed by atoms with Crippen LogP contribution in [0.1, 0.15) is 27.7 Å². The minimum absolute atomic E-state index is 0.0561. The second-order valence-corrected chi connectivity index (χ2v) is 3.73. The summed E-state index contributed by atoms with van der Waals surface area (Å²) in [4.78, 5) is 10.8. The summed E-state index contributed by atoms with van der Waals surface area (Å²) in [5, 5.41) is 11.9. The van der Waals surface area contributed by atoms with Crippen LogP contribution in [0.3, 0.4) is 0 Å². The molecule has 0 saturated carbocycles. The standard InChI is InChI=1S/C10H21NO3/c1-5-14-8(4)6-11-9(7(2)3)10(12)13/h7-9,11H,5-6H2,1-4H3,(H,12,13). The van der Waals surface area contributed by atoms with E-state index in [1.807, 2.05) is 27.7 Å². The van der Waals surface area contributed by atoms with Crippen molar-refractivity contribution < 1.29 is 14.6 Å². The highest BCUT2D eigenvalue weighted by molar-refractivity contribution is 5.73. The minimum atomic E-state index is -0.802.